The molecule has 0 aromatic heterocycles. The van der Waals surface area contributed by atoms with Crippen molar-refractivity contribution in [2.75, 3.05) is 27.2 Å². The number of nitrogens with zero attached hydrogens (tertiary/aromatic N) is 1. The Morgan fingerprint density at radius 3 is 2.60 bits per heavy atom. The quantitative estimate of drug-likeness (QED) is 0.582. The Balaban J connectivity index is 3.31. The molecule has 0 saturated heterocycles. The molecule has 3 N–H and O–H groups in total. The second kappa shape index (κ2) is 8.68. The lowest BCUT2D eigenvalue weighted by Gasteiger charge is -2.11. The second-order valence-corrected chi connectivity index (χ2v) is 4.23. The summed E-state index contributed by atoms with van der Waals surface area (Å²) in [6, 6.07) is 0.00627. The van der Waals surface area contributed by atoms with Crippen molar-refractivity contribution in [1.29, 1.82) is 0 Å². The van der Waals surface area contributed by atoms with Gasteiger partial charge >= 0.3 is 0 Å². The molecule has 1 amide bonds. The average Bonchev–Trinajstić information content (AvgIpc) is 2.16. The molecule has 4 heteroatoms. The zero-order chi connectivity index (χ0) is 11.7. The summed E-state index contributed by atoms with van der Waals surface area (Å²) in [6.45, 7) is 3.84. The highest BCUT2D eigenvalue weighted by molar-refractivity contribution is 5.76. The van der Waals surface area contributed by atoms with Gasteiger partial charge in [-0.2, -0.15) is 0 Å². The van der Waals surface area contributed by atoms with Crippen LogP contribution in [0, 0.1) is 0 Å². The van der Waals surface area contributed by atoms with Crippen molar-refractivity contribution in [2.24, 2.45) is 5.73 Å². The van der Waals surface area contributed by atoms with Gasteiger partial charge in [-0.05, 0) is 39.9 Å². The first-order valence-electron chi connectivity index (χ1n) is 5.73. The van der Waals surface area contributed by atoms with Crippen LogP contribution in [0.2, 0.25) is 0 Å². The van der Waals surface area contributed by atoms with Crippen LogP contribution in [0.25, 0.3) is 0 Å². The Labute approximate surface area is 93.2 Å². The first kappa shape index (κ1) is 14.4. The van der Waals surface area contributed by atoms with Gasteiger partial charge in [0.25, 0.3) is 0 Å². The molecule has 0 aromatic rings. The third-order valence-corrected chi connectivity index (χ3v) is 2.33. The topological polar surface area (TPSA) is 58.4 Å². The largest absolute Gasteiger partial charge is 0.356 e. The maximum Gasteiger partial charge on any atom is 0.221 e. The molecule has 15 heavy (non-hydrogen) atoms. The minimum atomic E-state index is 0.00627. The molecule has 0 spiro atoms. The van der Waals surface area contributed by atoms with Crippen LogP contribution in [0.15, 0.2) is 0 Å². The number of hydrogen-bond acceptors (Lipinski definition) is 3. The Morgan fingerprint density at radius 2 is 2.07 bits per heavy atom. The van der Waals surface area contributed by atoms with E-state index in [0.717, 1.165) is 32.4 Å². The lowest BCUT2D eigenvalue weighted by atomic mass is 10.1. The van der Waals surface area contributed by atoms with Gasteiger partial charge in [0.1, 0.15) is 0 Å². The van der Waals surface area contributed by atoms with E-state index >= 15 is 0 Å². The van der Waals surface area contributed by atoms with E-state index in [-0.39, 0.29) is 11.9 Å². The van der Waals surface area contributed by atoms with Gasteiger partial charge in [0, 0.05) is 19.0 Å². The van der Waals surface area contributed by atoms with Gasteiger partial charge in [0.15, 0.2) is 0 Å². The first-order chi connectivity index (χ1) is 7.06. The maximum absolute atomic E-state index is 11.3. The molecule has 0 fully saturated rings. The van der Waals surface area contributed by atoms with Crippen LogP contribution in [0.5, 0.6) is 0 Å². The summed E-state index contributed by atoms with van der Waals surface area (Å²) in [6.07, 6.45) is 3.45. The molecular weight excluding hydrogens is 190 g/mol. The lowest BCUT2D eigenvalue weighted by molar-refractivity contribution is -0.121. The van der Waals surface area contributed by atoms with Crippen molar-refractivity contribution in [3.63, 3.8) is 0 Å². The molecule has 4 nitrogen and oxygen atoms in total. The number of nitrogens with one attached hydrogen (secondary N) is 1. The molecule has 1 unspecified atom stereocenters. The maximum atomic E-state index is 11.3. The fraction of sp³-hybridized carbons (Fsp3) is 0.909. The molecular formula is C11H25N3O. The molecule has 0 saturated carbocycles. The normalized spacial score (nSPS) is 12.9. The van der Waals surface area contributed by atoms with Gasteiger partial charge in [0.05, 0.1) is 0 Å². The fourth-order valence-corrected chi connectivity index (χ4v) is 1.24. The van der Waals surface area contributed by atoms with Crippen molar-refractivity contribution in [2.45, 2.75) is 38.6 Å². The number of hydrogen-bond donors (Lipinski definition) is 2. The van der Waals surface area contributed by atoms with Crippen LogP contribution in [0.4, 0.5) is 0 Å². The third kappa shape index (κ3) is 9.69. The highest BCUT2D eigenvalue weighted by atomic mass is 16.1. The van der Waals surface area contributed by atoms with E-state index in [4.69, 9.17) is 5.73 Å². The van der Waals surface area contributed by atoms with E-state index < -0.39 is 0 Å². The van der Waals surface area contributed by atoms with Gasteiger partial charge in [-0.3, -0.25) is 4.79 Å². The average molecular weight is 215 g/mol. The van der Waals surface area contributed by atoms with Crippen molar-refractivity contribution >= 4 is 5.91 Å². The molecule has 1 atom stereocenters. The van der Waals surface area contributed by atoms with Crippen LogP contribution in [0.1, 0.15) is 32.6 Å². The highest BCUT2D eigenvalue weighted by Gasteiger charge is 2.06. The first-order valence-corrected chi connectivity index (χ1v) is 5.73. The lowest BCUT2D eigenvalue weighted by Crippen LogP contribution is -2.32. The smallest absolute Gasteiger partial charge is 0.221 e. The Morgan fingerprint density at radius 1 is 1.40 bits per heavy atom. The van der Waals surface area contributed by atoms with Gasteiger partial charge < -0.3 is 16.0 Å². The molecule has 0 bridgehead atoms. The summed E-state index contributed by atoms with van der Waals surface area (Å²) in [7, 11) is 4.11. The van der Waals surface area contributed by atoms with Gasteiger partial charge in [-0.15, -0.1) is 0 Å². The summed E-state index contributed by atoms with van der Waals surface area (Å²) >= 11 is 0. The van der Waals surface area contributed by atoms with E-state index in [1.54, 1.807) is 0 Å². The minimum absolute atomic E-state index is 0.00627. The van der Waals surface area contributed by atoms with Gasteiger partial charge in [-0.1, -0.05) is 6.92 Å². The van der Waals surface area contributed by atoms with Crippen molar-refractivity contribution < 1.29 is 4.79 Å². The Bertz CT molecular complexity index is 171. The van der Waals surface area contributed by atoms with E-state index in [1.165, 1.54) is 0 Å². The van der Waals surface area contributed by atoms with Crippen LogP contribution in [-0.4, -0.2) is 44.0 Å². The van der Waals surface area contributed by atoms with E-state index in [9.17, 15) is 4.79 Å². The van der Waals surface area contributed by atoms with Crippen molar-refractivity contribution in [3.8, 4) is 0 Å². The van der Waals surface area contributed by atoms with Crippen molar-refractivity contribution in [3.05, 3.63) is 0 Å². The molecule has 0 aliphatic carbocycles. The van der Waals surface area contributed by atoms with Crippen molar-refractivity contribution in [1.82, 2.24) is 10.2 Å². The summed E-state index contributed by atoms with van der Waals surface area (Å²) in [5.41, 5.74) is 5.68. The fourth-order valence-electron chi connectivity index (χ4n) is 1.24. The predicted molar refractivity (Wildman–Crippen MR) is 63.7 cm³/mol. The number of nitrogens with two attached hydrogens (primary N) is 1. The number of carbonyl (C=O) groups excluding carboxylic acids is 1. The molecule has 0 radical (unpaired) electrons. The summed E-state index contributed by atoms with van der Waals surface area (Å²) in [5.74, 6) is 0.0780. The van der Waals surface area contributed by atoms with Gasteiger partial charge in [0.2, 0.25) is 5.91 Å². The number of amides is 1. The summed E-state index contributed by atoms with van der Waals surface area (Å²) < 4.78 is 0. The zero-order valence-corrected chi connectivity index (χ0v) is 10.3. The van der Waals surface area contributed by atoms with E-state index in [1.807, 2.05) is 6.92 Å². The monoisotopic (exact) mass is 215 g/mol. The molecule has 0 aliphatic rings. The molecule has 0 aliphatic heterocycles. The van der Waals surface area contributed by atoms with Crippen LogP contribution >= 0.6 is 0 Å². The number of rotatable bonds is 8. The number of unbranched alkanes of at least 4 members (excludes halogenated alkanes) is 1. The standard InChI is InChI=1S/C11H25N3O/c1-4-10(12)9-11(15)13-7-5-6-8-14(2)3/h10H,4-9,12H2,1-3H3,(H,13,15). The van der Waals surface area contributed by atoms with E-state index in [0.29, 0.717) is 6.42 Å². The van der Waals surface area contributed by atoms with Crippen LogP contribution < -0.4 is 11.1 Å². The number of carbonyl (C=O) groups is 1. The molecule has 90 valence electrons. The molecule has 0 heterocycles. The zero-order valence-electron chi connectivity index (χ0n) is 10.3. The summed E-state index contributed by atoms with van der Waals surface area (Å²) in [4.78, 5) is 13.5. The Hall–Kier alpha value is -0.610. The SMILES string of the molecule is CCC(N)CC(=O)NCCCCN(C)C. The molecule has 0 rings (SSSR count). The summed E-state index contributed by atoms with van der Waals surface area (Å²) in [5, 5.41) is 2.88. The van der Waals surface area contributed by atoms with Crippen LogP contribution in [0.3, 0.4) is 0 Å². The highest BCUT2D eigenvalue weighted by Crippen LogP contribution is 1.94. The predicted octanol–water partition coefficient (Wildman–Crippen LogP) is 0.572. The Kier molecular flexibility index (Phi) is 8.33. The third-order valence-electron chi connectivity index (χ3n) is 2.33. The van der Waals surface area contributed by atoms with Gasteiger partial charge in [-0.25, -0.2) is 0 Å². The molecule has 0 aromatic carbocycles. The second-order valence-electron chi connectivity index (χ2n) is 4.23. The van der Waals surface area contributed by atoms with Crippen LogP contribution in [-0.2, 0) is 4.79 Å². The van der Waals surface area contributed by atoms with E-state index in [2.05, 4.69) is 24.3 Å². The minimum Gasteiger partial charge on any atom is -0.356 e.